The number of carbonyl (C=O) groups excluding carboxylic acids is 1. The summed E-state index contributed by atoms with van der Waals surface area (Å²) >= 11 is 0. The molecule has 0 saturated carbocycles. The number of nitrogens with zero attached hydrogens (tertiary/aromatic N) is 5. The molecule has 4 aromatic rings. The Kier molecular flexibility index (Phi) is 7.55. The van der Waals surface area contributed by atoms with Crippen molar-refractivity contribution in [1.82, 2.24) is 29.8 Å². The number of carbonyl (C=O) groups is 1. The quantitative estimate of drug-likeness (QED) is 0.414. The number of benzene rings is 2. The van der Waals surface area contributed by atoms with Gasteiger partial charge in [-0.3, -0.25) is 14.4 Å². The number of aromatic nitrogens is 4. The van der Waals surface area contributed by atoms with Gasteiger partial charge < -0.3 is 19.4 Å². The van der Waals surface area contributed by atoms with E-state index in [1.165, 1.54) is 5.69 Å². The summed E-state index contributed by atoms with van der Waals surface area (Å²) in [5, 5.41) is 11.8. The normalized spacial score (nSPS) is 17.9. The number of fused-ring (bicyclic) bond motifs is 3. The lowest BCUT2D eigenvalue weighted by Crippen LogP contribution is -2.48. The van der Waals surface area contributed by atoms with E-state index in [0.717, 1.165) is 80.3 Å². The zero-order valence-electron chi connectivity index (χ0n) is 23.0. The van der Waals surface area contributed by atoms with Gasteiger partial charge in [0.25, 0.3) is 0 Å². The van der Waals surface area contributed by atoms with E-state index in [1.807, 2.05) is 47.3 Å². The van der Waals surface area contributed by atoms with Crippen LogP contribution in [0, 0.1) is 5.41 Å². The average molecular weight is 541 g/mol. The first-order valence-electron chi connectivity index (χ1n) is 14.0. The standard InChI is InChI=1S/C31H36N6O3/c1-39-28-11-9-26(10-12-28)37-17-4-7-27(37)22-35-18-14-31(15-19-35)13-5-16-36-21-25(33-34-36)23-40-29-8-3-2-6-24(29)20-32-30(31)38/h2-4,6-12,17,21H,5,13-16,18-20,22-23H2,1H3,(H,32,38). The summed E-state index contributed by atoms with van der Waals surface area (Å²) in [5.74, 6) is 1.75. The van der Waals surface area contributed by atoms with Crippen LogP contribution in [0.5, 0.6) is 11.5 Å². The van der Waals surface area contributed by atoms with Crippen molar-refractivity contribution in [3.8, 4) is 17.2 Å². The first-order chi connectivity index (χ1) is 19.6. The van der Waals surface area contributed by atoms with E-state index in [2.05, 4.69) is 55.6 Å². The fraction of sp³-hybridized carbons (Fsp3) is 0.387. The first-order valence-corrected chi connectivity index (χ1v) is 14.0. The molecule has 2 aromatic heterocycles. The van der Waals surface area contributed by atoms with Crippen LogP contribution in [0.15, 0.2) is 73.1 Å². The molecular weight excluding hydrogens is 504 g/mol. The summed E-state index contributed by atoms with van der Waals surface area (Å²) in [7, 11) is 1.68. The second kappa shape index (κ2) is 11.6. The Hall–Kier alpha value is -4.11. The Balaban J connectivity index is 1.16. The molecule has 0 aliphatic carbocycles. The average Bonchev–Trinajstić information content (AvgIpc) is 3.65. The Morgan fingerprint density at radius 1 is 1.00 bits per heavy atom. The van der Waals surface area contributed by atoms with Gasteiger partial charge in [-0.15, -0.1) is 5.10 Å². The number of hydrogen-bond acceptors (Lipinski definition) is 6. The lowest BCUT2D eigenvalue weighted by molar-refractivity contribution is -0.135. The summed E-state index contributed by atoms with van der Waals surface area (Å²) in [6.07, 6.45) is 7.38. The number of nitrogens with one attached hydrogen (secondary N) is 1. The molecule has 0 unspecified atom stereocenters. The molecule has 9 heteroatoms. The smallest absolute Gasteiger partial charge is 0.226 e. The van der Waals surface area contributed by atoms with Crippen molar-refractivity contribution in [3.05, 3.63) is 90.0 Å². The maximum atomic E-state index is 13.8. The molecule has 1 fully saturated rings. The molecule has 0 radical (unpaired) electrons. The van der Waals surface area contributed by atoms with E-state index >= 15 is 0 Å². The number of aryl methyl sites for hydroxylation is 1. The number of methoxy groups -OCH3 is 1. The molecular formula is C31H36N6O3. The fourth-order valence-electron chi connectivity index (χ4n) is 5.90. The number of hydrogen-bond donors (Lipinski definition) is 1. The van der Waals surface area contributed by atoms with Crippen LogP contribution in [0.25, 0.3) is 5.69 Å². The second-order valence-electron chi connectivity index (χ2n) is 10.8. The minimum Gasteiger partial charge on any atom is -0.497 e. The Morgan fingerprint density at radius 3 is 2.65 bits per heavy atom. The predicted octanol–water partition coefficient (Wildman–Crippen LogP) is 4.35. The van der Waals surface area contributed by atoms with Crippen LogP contribution >= 0.6 is 0 Å². The predicted molar refractivity (Wildman–Crippen MR) is 151 cm³/mol. The van der Waals surface area contributed by atoms with Crippen molar-refractivity contribution in [2.24, 2.45) is 5.41 Å². The minimum absolute atomic E-state index is 0.139. The van der Waals surface area contributed by atoms with Gasteiger partial charge in [-0.1, -0.05) is 23.4 Å². The lowest BCUT2D eigenvalue weighted by Gasteiger charge is -2.41. The molecule has 9 nitrogen and oxygen atoms in total. The van der Waals surface area contributed by atoms with Gasteiger partial charge in [0.2, 0.25) is 5.91 Å². The van der Waals surface area contributed by atoms with E-state index in [0.29, 0.717) is 13.2 Å². The van der Waals surface area contributed by atoms with Gasteiger partial charge in [-0.25, -0.2) is 0 Å². The van der Waals surface area contributed by atoms with Gasteiger partial charge in [0.15, 0.2) is 0 Å². The van der Waals surface area contributed by atoms with E-state index in [4.69, 9.17) is 9.47 Å². The Labute approximate surface area is 234 Å². The van der Waals surface area contributed by atoms with Crippen LogP contribution in [0.2, 0.25) is 0 Å². The highest BCUT2D eigenvalue weighted by molar-refractivity contribution is 5.82. The van der Waals surface area contributed by atoms with E-state index < -0.39 is 5.41 Å². The van der Waals surface area contributed by atoms with Crippen LogP contribution in [-0.2, 0) is 31.0 Å². The lowest BCUT2D eigenvalue weighted by atomic mass is 9.73. The number of ether oxygens (including phenoxy) is 2. The van der Waals surface area contributed by atoms with Crippen LogP contribution < -0.4 is 14.8 Å². The van der Waals surface area contributed by atoms with E-state index in [-0.39, 0.29) is 5.91 Å². The van der Waals surface area contributed by atoms with Gasteiger partial charge in [-0.05, 0) is 81.2 Å². The fourth-order valence-corrected chi connectivity index (χ4v) is 5.90. The highest BCUT2D eigenvalue weighted by Crippen LogP contribution is 2.38. The molecule has 1 amide bonds. The van der Waals surface area contributed by atoms with E-state index in [9.17, 15) is 4.79 Å². The van der Waals surface area contributed by atoms with Crippen molar-refractivity contribution in [2.75, 3.05) is 20.2 Å². The molecule has 0 atom stereocenters. The van der Waals surface area contributed by atoms with Crippen LogP contribution in [0.1, 0.15) is 42.6 Å². The van der Waals surface area contributed by atoms with Crippen molar-refractivity contribution in [3.63, 3.8) is 0 Å². The minimum atomic E-state index is -0.405. The third kappa shape index (κ3) is 5.60. The summed E-state index contributed by atoms with van der Waals surface area (Å²) < 4.78 is 15.4. The molecule has 2 bridgehead atoms. The molecule has 40 heavy (non-hydrogen) atoms. The summed E-state index contributed by atoms with van der Waals surface area (Å²) in [6.45, 7) is 4.11. The number of para-hydroxylation sites is 1. The van der Waals surface area contributed by atoms with E-state index in [1.54, 1.807) is 7.11 Å². The van der Waals surface area contributed by atoms with Crippen molar-refractivity contribution in [1.29, 1.82) is 0 Å². The molecule has 2 aliphatic heterocycles. The third-order valence-corrected chi connectivity index (χ3v) is 8.28. The first kappa shape index (κ1) is 26.1. The monoisotopic (exact) mass is 540 g/mol. The van der Waals surface area contributed by atoms with Gasteiger partial charge >= 0.3 is 0 Å². The van der Waals surface area contributed by atoms with Crippen molar-refractivity contribution < 1.29 is 14.3 Å². The Bertz CT molecular complexity index is 1440. The third-order valence-electron chi connectivity index (χ3n) is 8.28. The van der Waals surface area contributed by atoms with Crippen LogP contribution in [0.3, 0.4) is 0 Å². The summed E-state index contributed by atoms with van der Waals surface area (Å²) in [4.78, 5) is 16.3. The van der Waals surface area contributed by atoms with Crippen LogP contribution in [-0.4, -0.2) is 50.6 Å². The Morgan fingerprint density at radius 2 is 1.82 bits per heavy atom. The van der Waals surface area contributed by atoms with Crippen molar-refractivity contribution in [2.45, 2.75) is 51.9 Å². The number of amides is 1. The number of rotatable bonds is 4. The largest absolute Gasteiger partial charge is 0.497 e. The zero-order chi connectivity index (χ0) is 27.4. The summed E-state index contributed by atoms with van der Waals surface area (Å²) in [5.41, 5.74) is 3.71. The zero-order valence-corrected chi connectivity index (χ0v) is 23.0. The molecule has 1 N–H and O–H groups in total. The van der Waals surface area contributed by atoms with Crippen molar-refractivity contribution >= 4 is 5.91 Å². The molecule has 208 valence electrons. The maximum absolute atomic E-state index is 13.8. The molecule has 2 aliphatic rings. The van der Waals surface area contributed by atoms with Gasteiger partial charge in [0.05, 0.1) is 18.7 Å². The van der Waals surface area contributed by atoms with Gasteiger partial charge in [-0.2, -0.15) is 0 Å². The maximum Gasteiger partial charge on any atom is 0.226 e. The SMILES string of the molecule is COc1ccc(-n2cccc2CN2CCC3(CCCn4cc(nn4)COc4ccccc4CNC3=O)CC2)cc1. The molecule has 1 spiro atoms. The summed E-state index contributed by atoms with van der Waals surface area (Å²) in [6, 6.07) is 20.3. The highest BCUT2D eigenvalue weighted by atomic mass is 16.5. The molecule has 1 saturated heterocycles. The molecule has 4 heterocycles. The number of piperidine rings is 1. The molecule has 6 rings (SSSR count). The van der Waals surface area contributed by atoms with Crippen LogP contribution in [0.4, 0.5) is 0 Å². The topological polar surface area (TPSA) is 86.4 Å². The molecule has 2 aromatic carbocycles. The highest BCUT2D eigenvalue weighted by Gasteiger charge is 2.41. The second-order valence-corrected chi connectivity index (χ2v) is 10.8. The van der Waals surface area contributed by atoms with Gasteiger partial charge in [0, 0.05) is 42.8 Å². The van der Waals surface area contributed by atoms with Gasteiger partial charge in [0.1, 0.15) is 23.8 Å². The number of likely N-dealkylation sites (tertiary alicyclic amines) is 1.